The van der Waals surface area contributed by atoms with E-state index in [4.69, 9.17) is 0 Å². The molecule has 0 fully saturated rings. The molecule has 1 aliphatic rings. The first-order valence-corrected chi connectivity index (χ1v) is 8.03. The molecule has 21 heavy (non-hydrogen) atoms. The number of rotatable bonds is 1. The first-order chi connectivity index (χ1) is 9.50. The molecule has 0 saturated carbocycles. The zero-order valence-electron chi connectivity index (χ0n) is 10.9. The van der Waals surface area contributed by atoms with Crippen molar-refractivity contribution >= 4 is 37.6 Å². The van der Waals surface area contributed by atoms with Gasteiger partial charge in [0, 0.05) is 10.5 Å². The molecule has 1 aromatic carbocycles. The first kappa shape index (κ1) is 16.1. The van der Waals surface area contributed by atoms with Crippen LogP contribution in [0.1, 0.15) is 19.4 Å². The van der Waals surface area contributed by atoms with Gasteiger partial charge in [-0.2, -0.15) is 21.6 Å². The number of anilines is 1. The van der Waals surface area contributed by atoms with Gasteiger partial charge in [0.25, 0.3) is 10.0 Å². The van der Waals surface area contributed by atoms with Crippen molar-refractivity contribution in [3.8, 4) is 0 Å². The van der Waals surface area contributed by atoms with Gasteiger partial charge in [-0.25, -0.2) is 0 Å². The van der Waals surface area contributed by atoms with Gasteiger partial charge >= 0.3 is 6.18 Å². The van der Waals surface area contributed by atoms with Gasteiger partial charge < -0.3 is 10.6 Å². The standard InChI is InChI=1S/C11H11BrF3N3O2S/c1-5(2)16-10-17-8-3-6(11(13,14)15)7(12)4-9(8)21(19,20)18-10/h3-5H,1-2H3,(H2,16,17,18). The predicted molar refractivity (Wildman–Crippen MR) is 75.7 cm³/mol. The monoisotopic (exact) mass is 385 g/mol. The lowest BCUT2D eigenvalue weighted by Crippen LogP contribution is -2.38. The maximum absolute atomic E-state index is 12.9. The average Bonchev–Trinajstić information content (AvgIpc) is 2.26. The summed E-state index contributed by atoms with van der Waals surface area (Å²) in [5.74, 6) is -0.104. The van der Waals surface area contributed by atoms with Crippen molar-refractivity contribution in [1.29, 1.82) is 0 Å². The van der Waals surface area contributed by atoms with Crippen molar-refractivity contribution in [2.75, 3.05) is 5.32 Å². The normalized spacial score (nSPS) is 17.0. The molecule has 2 N–H and O–H groups in total. The third-order valence-corrected chi connectivity index (χ3v) is 4.52. The fraction of sp³-hybridized carbons (Fsp3) is 0.364. The second kappa shape index (κ2) is 5.16. The van der Waals surface area contributed by atoms with E-state index in [1.807, 2.05) is 0 Å². The van der Waals surface area contributed by atoms with Crippen LogP contribution in [-0.4, -0.2) is 20.4 Å². The average molecular weight is 386 g/mol. The molecule has 0 unspecified atom stereocenters. The van der Waals surface area contributed by atoms with Crippen LogP contribution >= 0.6 is 15.9 Å². The van der Waals surface area contributed by atoms with Crippen molar-refractivity contribution in [1.82, 2.24) is 5.32 Å². The molecule has 116 valence electrons. The number of halogens is 4. The van der Waals surface area contributed by atoms with E-state index in [1.165, 1.54) is 0 Å². The highest BCUT2D eigenvalue weighted by Crippen LogP contribution is 2.40. The number of nitrogens with one attached hydrogen (secondary N) is 2. The van der Waals surface area contributed by atoms with E-state index in [9.17, 15) is 21.6 Å². The van der Waals surface area contributed by atoms with E-state index >= 15 is 0 Å². The van der Waals surface area contributed by atoms with E-state index < -0.39 is 21.8 Å². The van der Waals surface area contributed by atoms with Gasteiger partial charge in [0.15, 0.2) is 0 Å². The second-order valence-corrected chi connectivity index (χ2v) is 7.09. The maximum atomic E-state index is 12.9. The summed E-state index contributed by atoms with van der Waals surface area (Å²) in [5.41, 5.74) is -1.13. The predicted octanol–water partition coefficient (Wildman–Crippen LogP) is 2.94. The van der Waals surface area contributed by atoms with E-state index in [0.29, 0.717) is 0 Å². The van der Waals surface area contributed by atoms with Crippen LogP contribution in [0.5, 0.6) is 0 Å². The Kier molecular flexibility index (Phi) is 3.96. The lowest BCUT2D eigenvalue weighted by Gasteiger charge is -2.22. The van der Waals surface area contributed by atoms with E-state index in [2.05, 4.69) is 31.0 Å². The molecule has 0 aliphatic carbocycles. The molecule has 1 heterocycles. The highest BCUT2D eigenvalue weighted by atomic mass is 79.9. The molecule has 0 bridgehead atoms. The van der Waals surface area contributed by atoms with E-state index in [0.717, 1.165) is 12.1 Å². The lowest BCUT2D eigenvalue weighted by atomic mass is 10.2. The molecule has 0 amide bonds. The highest BCUT2D eigenvalue weighted by Gasteiger charge is 2.36. The number of fused-ring (bicyclic) bond motifs is 1. The molecule has 1 aliphatic heterocycles. The molecule has 0 aromatic heterocycles. The summed E-state index contributed by atoms with van der Waals surface area (Å²) in [6.07, 6.45) is -4.60. The molecule has 5 nitrogen and oxygen atoms in total. The summed E-state index contributed by atoms with van der Waals surface area (Å²) in [6, 6.07) is 1.51. The SMILES string of the molecule is CC(C)NC1=NS(=O)(=O)c2cc(Br)c(C(F)(F)F)cc2N1. The van der Waals surface area contributed by atoms with Crippen molar-refractivity contribution < 1.29 is 21.6 Å². The Morgan fingerprint density at radius 1 is 1.33 bits per heavy atom. The zero-order valence-corrected chi connectivity index (χ0v) is 13.3. The molecule has 10 heteroatoms. The zero-order chi connectivity index (χ0) is 16.0. The number of nitrogens with zero attached hydrogens (tertiary/aromatic N) is 1. The van der Waals surface area contributed by atoms with Crippen molar-refractivity contribution in [2.45, 2.75) is 31.0 Å². The molecule has 0 radical (unpaired) electrons. The molecule has 0 atom stereocenters. The summed E-state index contributed by atoms with van der Waals surface area (Å²) in [7, 11) is -4.06. The van der Waals surface area contributed by atoms with Crippen LogP contribution in [0.25, 0.3) is 0 Å². The van der Waals surface area contributed by atoms with Gasteiger partial charge in [-0.3, -0.25) is 0 Å². The van der Waals surface area contributed by atoms with Gasteiger partial charge in [0.2, 0.25) is 5.96 Å². The van der Waals surface area contributed by atoms with Gasteiger partial charge in [-0.15, -0.1) is 4.40 Å². The van der Waals surface area contributed by atoms with Gasteiger partial charge in [-0.05, 0) is 26.0 Å². The van der Waals surface area contributed by atoms with Gasteiger partial charge in [0.05, 0.1) is 11.3 Å². The summed E-state index contributed by atoms with van der Waals surface area (Å²) < 4.78 is 65.8. The van der Waals surface area contributed by atoms with Crippen LogP contribution < -0.4 is 10.6 Å². The minimum Gasteiger partial charge on any atom is -0.353 e. The number of hydrogen-bond donors (Lipinski definition) is 2. The van der Waals surface area contributed by atoms with Gasteiger partial charge in [0.1, 0.15) is 4.90 Å². The number of benzene rings is 1. The smallest absolute Gasteiger partial charge is 0.353 e. The molecule has 0 spiro atoms. The summed E-state index contributed by atoms with van der Waals surface area (Å²) in [6.45, 7) is 3.49. The Morgan fingerprint density at radius 2 is 1.95 bits per heavy atom. The minimum absolute atomic E-state index is 0.104. The van der Waals surface area contributed by atoms with Crippen molar-refractivity contribution in [2.24, 2.45) is 4.40 Å². The maximum Gasteiger partial charge on any atom is 0.417 e. The van der Waals surface area contributed by atoms with Crippen LogP contribution in [0, 0.1) is 0 Å². The van der Waals surface area contributed by atoms with Crippen LogP contribution in [0.15, 0.2) is 25.9 Å². The van der Waals surface area contributed by atoms with Crippen LogP contribution in [-0.2, 0) is 16.2 Å². The molecule has 2 rings (SSSR count). The molecular weight excluding hydrogens is 375 g/mol. The molecule has 1 aromatic rings. The Hall–Kier alpha value is -1.29. The Morgan fingerprint density at radius 3 is 2.48 bits per heavy atom. The van der Waals surface area contributed by atoms with Crippen LogP contribution in [0.4, 0.5) is 18.9 Å². The summed E-state index contributed by atoms with van der Waals surface area (Å²) in [5, 5.41) is 5.28. The van der Waals surface area contributed by atoms with E-state index in [1.54, 1.807) is 13.8 Å². The Labute approximate surface area is 127 Å². The topological polar surface area (TPSA) is 70.6 Å². The number of hydrogen-bond acceptors (Lipinski definition) is 4. The third kappa shape index (κ3) is 3.31. The van der Waals surface area contributed by atoms with Gasteiger partial charge in [-0.1, -0.05) is 15.9 Å². The number of sulfonamides is 1. The molecule has 0 saturated heterocycles. The molecular formula is C11H11BrF3N3O2S. The van der Waals surface area contributed by atoms with Crippen LogP contribution in [0.2, 0.25) is 0 Å². The van der Waals surface area contributed by atoms with E-state index in [-0.39, 0.29) is 27.1 Å². The van der Waals surface area contributed by atoms with Crippen LogP contribution in [0.3, 0.4) is 0 Å². The van der Waals surface area contributed by atoms with Crippen molar-refractivity contribution in [3.63, 3.8) is 0 Å². The summed E-state index contributed by atoms with van der Waals surface area (Å²) >= 11 is 2.74. The number of alkyl halides is 3. The van der Waals surface area contributed by atoms with Crippen molar-refractivity contribution in [3.05, 3.63) is 22.2 Å². The lowest BCUT2D eigenvalue weighted by molar-refractivity contribution is -0.138. The third-order valence-electron chi connectivity index (χ3n) is 2.54. The number of guanidine groups is 1. The minimum atomic E-state index is -4.60. The quantitative estimate of drug-likeness (QED) is 0.779. The Bertz CT molecular complexity index is 714. The largest absolute Gasteiger partial charge is 0.417 e. The second-order valence-electron chi connectivity index (χ2n) is 4.66. The Balaban J connectivity index is 2.57. The summed E-state index contributed by atoms with van der Waals surface area (Å²) in [4.78, 5) is -0.309. The first-order valence-electron chi connectivity index (χ1n) is 5.80. The fourth-order valence-corrected chi connectivity index (χ4v) is 3.55. The highest BCUT2D eigenvalue weighted by molar-refractivity contribution is 9.10. The fourth-order valence-electron chi connectivity index (χ4n) is 1.74.